The van der Waals surface area contributed by atoms with Gasteiger partial charge in [0, 0.05) is 19.9 Å². The van der Waals surface area contributed by atoms with E-state index in [2.05, 4.69) is 5.10 Å². The summed E-state index contributed by atoms with van der Waals surface area (Å²) in [7, 11) is 1.61. The number of nitrogens with zero attached hydrogens (tertiary/aromatic N) is 3. The van der Waals surface area contributed by atoms with Crippen molar-refractivity contribution >= 4 is 5.91 Å². The number of amides is 1. The molecule has 0 radical (unpaired) electrons. The quantitative estimate of drug-likeness (QED) is 0.670. The van der Waals surface area contributed by atoms with Crippen molar-refractivity contribution in [2.75, 3.05) is 20.3 Å². The Morgan fingerprint density at radius 1 is 1.25 bits per heavy atom. The Balaban J connectivity index is 1.78. The first-order valence-electron chi connectivity index (χ1n) is 7.68. The van der Waals surface area contributed by atoms with Crippen LogP contribution < -0.4 is 0 Å². The maximum Gasteiger partial charge on any atom is 0.257 e. The Hall–Kier alpha value is -2.86. The lowest BCUT2D eigenvalue weighted by Crippen LogP contribution is -2.33. The second-order valence-electron chi connectivity index (χ2n) is 5.31. The summed E-state index contributed by atoms with van der Waals surface area (Å²) >= 11 is 0. The predicted octanol–water partition coefficient (Wildman–Crippen LogP) is 2.75. The largest absolute Gasteiger partial charge is 0.467 e. The number of rotatable bonds is 7. The summed E-state index contributed by atoms with van der Waals surface area (Å²) in [6.45, 7) is 1.33. The molecule has 0 saturated carbocycles. The van der Waals surface area contributed by atoms with Crippen LogP contribution in [-0.2, 0) is 11.3 Å². The van der Waals surface area contributed by atoms with Crippen molar-refractivity contribution < 1.29 is 13.9 Å². The Morgan fingerprint density at radius 2 is 2.08 bits per heavy atom. The Labute approximate surface area is 140 Å². The molecule has 0 N–H and O–H groups in total. The van der Waals surface area contributed by atoms with Crippen molar-refractivity contribution in [1.29, 1.82) is 0 Å². The van der Waals surface area contributed by atoms with Crippen LogP contribution in [0.5, 0.6) is 0 Å². The van der Waals surface area contributed by atoms with E-state index in [0.717, 1.165) is 11.4 Å². The van der Waals surface area contributed by atoms with E-state index < -0.39 is 0 Å². The standard InChI is InChI=1S/C18H19N3O3/c1-23-11-9-20(14-17-8-5-10-24-17)18(22)15-12-19-21(13-15)16-6-3-2-4-7-16/h2-8,10,12-13H,9,11,14H2,1H3. The molecule has 0 spiro atoms. The fourth-order valence-corrected chi connectivity index (χ4v) is 2.38. The molecule has 0 atom stereocenters. The van der Waals surface area contributed by atoms with E-state index in [0.29, 0.717) is 25.3 Å². The number of hydrogen-bond acceptors (Lipinski definition) is 4. The van der Waals surface area contributed by atoms with E-state index in [4.69, 9.17) is 9.15 Å². The fraction of sp³-hybridized carbons (Fsp3) is 0.222. The van der Waals surface area contributed by atoms with Crippen molar-refractivity contribution in [2.45, 2.75) is 6.54 Å². The van der Waals surface area contributed by atoms with E-state index in [1.807, 2.05) is 42.5 Å². The summed E-state index contributed by atoms with van der Waals surface area (Å²) in [5, 5.41) is 4.28. The highest BCUT2D eigenvalue weighted by Crippen LogP contribution is 2.12. The van der Waals surface area contributed by atoms with Gasteiger partial charge in [0.2, 0.25) is 0 Å². The zero-order valence-electron chi connectivity index (χ0n) is 13.5. The number of carbonyl (C=O) groups is 1. The fourth-order valence-electron chi connectivity index (χ4n) is 2.38. The summed E-state index contributed by atoms with van der Waals surface area (Å²) in [6.07, 6.45) is 4.92. The second kappa shape index (κ2) is 7.61. The number of aromatic nitrogens is 2. The molecule has 0 unspecified atom stereocenters. The number of para-hydroxylation sites is 1. The SMILES string of the molecule is COCCN(Cc1ccco1)C(=O)c1cnn(-c2ccccc2)c1. The van der Waals surface area contributed by atoms with Gasteiger partial charge in [-0.25, -0.2) is 4.68 Å². The average Bonchev–Trinajstić information content (AvgIpc) is 3.30. The molecule has 6 heteroatoms. The lowest BCUT2D eigenvalue weighted by Gasteiger charge is -2.20. The first kappa shape index (κ1) is 16.0. The van der Waals surface area contributed by atoms with Crippen LogP contribution >= 0.6 is 0 Å². The third-order valence-corrected chi connectivity index (χ3v) is 3.63. The van der Waals surface area contributed by atoms with Gasteiger partial charge in [-0.05, 0) is 24.3 Å². The van der Waals surface area contributed by atoms with Gasteiger partial charge in [-0.1, -0.05) is 18.2 Å². The maximum absolute atomic E-state index is 12.8. The van der Waals surface area contributed by atoms with Gasteiger partial charge in [0.05, 0.1) is 36.9 Å². The Morgan fingerprint density at radius 3 is 2.79 bits per heavy atom. The highest BCUT2D eigenvalue weighted by molar-refractivity contribution is 5.93. The van der Waals surface area contributed by atoms with E-state index in [1.165, 1.54) is 0 Å². The van der Waals surface area contributed by atoms with E-state index in [9.17, 15) is 4.79 Å². The number of benzene rings is 1. The number of hydrogen-bond donors (Lipinski definition) is 0. The minimum absolute atomic E-state index is 0.106. The first-order chi connectivity index (χ1) is 11.8. The molecule has 0 bridgehead atoms. The van der Waals surface area contributed by atoms with Gasteiger partial charge in [0.25, 0.3) is 5.91 Å². The third kappa shape index (κ3) is 3.72. The molecule has 2 heterocycles. The lowest BCUT2D eigenvalue weighted by molar-refractivity contribution is 0.0666. The first-order valence-corrected chi connectivity index (χ1v) is 7.68. The monoisotopic (exact) mass is 325 g/mol. The topological polar surface area (TPSA) is 60.5 Å². The van der Waals surface area contributed by atoms with Crippen LogP contribution in [0.3, 0.4) is 0 Å². The van der Waals surface area contributed by atoms with Crippen molar-refractivity contribution in [3.8, 4) is 5.69 Å². The molecule has 0 aliphatic carbocycles. The summed E-state index contributed by atoms with van der Waals surface area (Å²) in [6, 6.07) is 13.3. The van der Waals surface area contributed by atoms with Crippen LogP contribution in [0.2, 0.25) is 0 Å². The smallest absolute Gasteiger partial charge is 0.257 e. The van der Waals surface area contributed by atoms with Crippen LogP contribution in [0.1, 0.15) is 16.1 Å². The van der Waals surface area contributed by atoms with Crippen LogP contribution in [0.25, 0.3) is 5.69 Å². The minimum atomic E-state index is -0.106. The summed E-state index contributed by atoms with van der Waals surface area (Å²) < 4.78 is 12.1. The summed E-state index contributed by atoms with van der Waals surface area (Å²) in [4.78, 5) is 14.5. The van der Waals surface area contributed by atoms with Crippen LogP contribution in [-0.4, -0.2) is 40.8 Å². The van der Waals surface area contributed by atoms with E-state index in [1.54, 1.807) is 35.3 Å². The van der Waals surface area contributed by atoms with Gasteiger partial charge < -0.3 is 14.1 Å². The molecule has 0 aliphatic rings. The zero-order chi connectivity index (χ0) is 16.8. The molecule has 3 aromatic rings. The zero-order valence-corrected chi connectivity index (χ0v) is 13.5. The van der Waals surface area contributed by atoms with Crippen molar-refractivity contribution in [1.82, 2.24) is 14.7 Å². The van der Waals surface area contributed by atoms with Gasteiger partial charge in [0.1, 0.15) is 5.76 Å². The van der Waals surface area contributed by atoms with Crippen LogP contribution in [0, 0.1) is 0 Å². The molecule has 1 aromatic carbocycles. The molecule has 0 saturated heterocycles. The second-order valence-corrected chi connectivity index (χ2v) is 5.31. The molecule has 24 heavy (non-hydrogen) atoms. The van der Waals surface area contributed by atoms with Crippen LogP contribution in [0.4, 0.5) is 0 Å². The molecule has 1 amide bonds. The maximum atomic E-state index is 12.8. The van der Waals surface area contributed by atoms with E-state index >= 15 is 0 Å². The third-order valence-electron chi connectivity index (χ3n) is 3.63. The molecule has 124 valence electrons. The summed E-state index contributed by atoms with van der Waals surface area (Å²) in [5.74, 6) is 0.625. The van der Waals surface area contributed by atoms with Crippen molar-refractivity contribution in [3.05, 3.63) is 72.4 Å². The van der Waals surface area contributed by atoms with Gasteiger partial charge in [-0.15, -0.1) is 0 Å². The van der Waals surface area contributed by atoms with E-state index in [-0.39, 0.29) is 5.91 Å². The van der Waals surface area contributed by atoms with Gasteiger partial charge in [-0.3, -0.25) is 4.79 Å². The highest BCUT2D eigenvalue weighted by Gasteiger charge is 2.19. The van der Waals surface area contributed by atoms with Crippen LogP contribution in [0.15, 0.2) is 65.5 Å². The minimum Gasteiger partial charge on any atom is -0.467 e. The highest BCUT2D eigenvalue weighted by atomic mass is 16.5. The predicted molar refractivity (Wildman–Crippen MR) is 88.9 cm³/mol. The average molecular weight is 325 g/mol. The molecular formula is C18H19N3O3. The molecule has 6 nitrogen and oxygen atoms in total. The van der Waals surface area contributed by atoms with Gasteiger partial charge >= 0.3 is 0 Å². The summed E-state index contributed by atoms with van der Waals surface area (Å²) in [5.41, 5.74) is 1.44. The molecule has 2 aromatic heterocycles. The number of carbonyl (C=O) groups excluding carboxylic acids is 1. The van der Waals surface area contributed by atoms with Gasteiger partial charge in [0.15, 0.2) is 0 Å². The number of furan rings is 1. The molecular weight excluding hydrogens is 306 g/mol. The molecule has 3 rings (SSSR count). The number of methoxy groups -OCH3 is 1. The Bertz CT molecular complexity index is 766. The normalized spacial score (nSPS) is 10.7. The van der Waals surface area contributed by atoms with Crippen molar-refractivity contribution in [3.63, 3.8) is 0 Å². The molecule has 0 fully saturated rings. The van der Waals surface area contributed by atoms with Gasteiger partial charge in [-0.2, -0.15) is 5.10 Å². The Kier molecular flexibility index (Phi) is 5.08. The number of ether oxygens (including phenoxy) is 1. The lowest BCUT2D eigenvalue weighted by atomic mass is 10.2. The van der Waals surface area contributed by atoms with Crippen molar-refractivity contribution in [2.24, 2.45) is 0 Å². The molecule has 0 aliphatic heterocycles.